The maximum atomic E-state index is 9.32. The molecule has 0 aliphatic carbocycles. The Kier molecular flexibility index (Phi) is 2.60. The molecule has 4 rings (SSSR count). The van der Waals surface area contributed by atoms with Gasteiger partial charge in [0.15, 0.2) is 5.58 Å². The van der Waals surface area contributed by atoms with Crippen molar-refractivity contribution < 1.29 is 4.42 Å². The Hall–Kier alpha value is -3.32. The zero-order valence-electron chi connectivity index (χ0n) is 11.6. The van der Waals surface area contributed by atoms with Crippen molar-refractivity contribution in [1.82, 2.24) is 4.98 Å². The molecule has 0 fully saturated rings. The SMILES string of the molecule is N#Cc1cc2oc(-c3ccc(N)cc3)nc2c2ccccc12. The highest BCUT2D eigenvalue weighted by Crippen LogP contribution is 2.31. The number of nitrogens with zero attached hydrogens (tertiary/aromatic N) is 2. The Bertz CT molecular complexity index is 1040. The summed E-state index contributed by atoms with van der Waals surface area (Å²) in [5.74, 6) is 0.523. The highest BCUT2D eigenvalue weighted by atomic mass is 16.3. The number of rotatable bonds is 1. The third-order valence-corrected chi connectivity index (χ3v) is 3.68. The topological polar surface area (TPSA) is 75.8 Å². The van der Waals surface area contributed by atoms with Gasteiger partial charge in [-0.25, -0.2) is 4.98 Å². The molecule has 0 saturated carbocycles. The van der Waals surface area contributed by atoms with Crippen LogP contribution in [0.2, 0.25) is 0 Å². The summed E-state index contributed by atoms with van der Waals surface area (Å²) < 4.78 is 5.84. The summed E-state index contributed by atoms with van der Waals surface area (Å²) in [6.45, 7) is 0. The van der Waals surface area contributed by atoms with E-state index in [4.69, 9.17) is 10.2 Å². The summed E-state index contributed by atoms with van der Waals surface area (Å²) in [7, 11) is 0. The fraction of sp³-hybridized carbons (Fsp3) is 0. The van der Waals surface area contributed by atoms with Gasteiger partial charge in [-0.1, -0.05) is 24.3 Å². The molecule has 4 aromatic rings. The molecule has 0 atom stereocenters. The predicted molar refractivity (Wildman–Crippen MR) is 86.1 cm³/mol. The van der Waals surface area contributed by atoms with Gasteiger partial charge in [-0.2, -0.15) is 5.26 Å². The fourth-order valence-electron chi connectivity index (χ4n) is 2.60. The number of fused-ring (bicyclic) bond motifs is 3. The number of hydrogen-bond donors (Lipinski definition) is 1. The minimum Gasteiger partial charge on any atom is -0.436 e. The molecule has 2 N–H and O–H groups in total. The van der Waals surface area contributed by atoms with Crippen LogP contribution in [-0.4, -0.2) is 4.98 Å². The zero-order valence-corrected chi connectivity index (χ0v) is 11.6. The van der Waals surface area contributed by atoms with Crippen LogP contribution >= 0.6 is 0 Å². The van der Waals surface area contributed by atoms with Crippen LogP contribution in [0.25, 0.3) is 33.3 Å². The molecule has 0 aliphatic heterocycles. The van der Waals surface area contributed by atoms with Gasteiger partial charge in [0.25, 0.3) is 0 Å². The summed E-state index contributed by atoms with van der Waals surface area (Å²) >= 11 is 0. The van der Waals surface area contributed by atoms with Crippen LogP contribution < -0.4 is 5.73 Å². The number of benzene rings is 3. The Morgan fingerprint density at radius 3 is 2.45 bits per heavy atom. The molecular weight excluding hydrogens is 274 g/mol. The van der Waals surface area contributed by atoms with E-state index in [0.717, 1.165) is 21.9 Å². The maximum absolute atomic E-state index is 9.32. The molecular formula is C18H11N3O. The van der Waals surface area contributed by atoms with Crippen LogP contribution in [0.4, 0.5) is 5.69 Å². The van der Waals surface area contributed by atoms with E-state index in [0.29, 0.717) is 22.7 Å². The van der Waals surface area contributed by atoms with Crippen molar-refractivity contribution in [2.45, 2.75) is 0 Å². The summed E-state index contributed by atoms with van der Waals surface area (Å²) in [5.41, 5.74) is 9.22. The third kappa shape index (κ3) is 1.80. The van der Waals surface area contributed by atoms with Crippen molar-refractivity contribution in [2.75, 3.05) is 5.73 Å². The van der Waals surface area contributed by atoms with Gasteiger partial charge >= 0.3 is 0 Å². The summed E-state index contributed by atoms with van der Waals surface area (Å²) in [6.07, 6.45) is 0. The number of nitriles is 1. The third-order valence-electron chi connectivity index (χ3n) is 3.68. The molecule has 0 aliphatic rings. The predicted octanol–water partition coefficient (Wildman–Crippen LogP) is 4.10. The van der Waals surface area contributed by atoms with Crippen LogP contribution in [0.3, 0.4) is 0 Å². The first-order valence-electron chi connectivity index (χ1n) is 6.84. The lowest BCUT2D eigenvalue weighted by Gasteiger charge is -1.99. The lowest BCUT2D eigenvalue weighted by Crippen LogP contribution is -1.84. The molecule has 4 nitrogen and oxygen atoms in total. The second kappa shape index (κ2) is 4.61. The molecule has 0 unspecified atom stereocenters. The van der Waals surface area contributed by atoms with Gasteiger partial charge in [0.1, 0.15) is 5.52 Å². The quantitative estimate of drug-likeness (QED) is 0.534. The highest BCUT2D eigenvalue weighted by Gasteiger charge is 2.13. The molecule has 1 heterocycles. The van der Waals surface area contributed by atoms with Crippen molar-refractivity contribution in [3.05, 3.63) is 60.2 Å². The van der Waals surface area contributed by atoms with Gasteiger partial charge in [0.2, 0.25) is 5.89 Å². The van der Waals surface area contributed by atoms with E-state index in [-0.39, 0.29) is 0 Å². The Balaban J connectivity index is 2.03. The van der Waals surface area contributed by atoms with Crippen LogP contribution in [0.5, 0.6) is 0 Å². The Morgan fingerprint density at radius 1 is 1.00 bits per heavy atom. The first-order valence-corrected chi connectivity index (χ1v) is 6.84. The number of anilines is 1. The van der Waals surface area contributed by atoms with Gasteiger partial charge in [0, 0.05) is 28.1 Å². The molecule has 0 radical (unpaired) electrons. The Morgan fingerprint density at radius 2 is 1.73 bits per heavy atom. The van der Waals surface area contributed by atoms with Gasteiger partial charge in [-0.3, -0.25) is 0 Å². The Labute approximate surface area is 126 Å². The molecule has 104 valence electrons. The van der Waals surface area contributed by atoms with Crippen molar-refractivity contribution in [2.24, 2.45) is 0 Å². The molecule has 0 spiro atoms. The standard InChI is InChI=1S/C18H11N3O/c19-10-12-9-16-17(15-4-2-1-3-14(12)15)21-18(22-16)11-5-7-13(20)8-6-11/h1-9H,20H2. The molecule has 3 aromatic carbocycles. The van der Waals surface area contributed by atoms with E-state index in [1.807, 2.05) is 48.5 Å². The van der Waals surface area contributed by atoms with Crippen molar-refractivity contribution in [3.8, 4) is 17.5 Å². The van der Waals surface area contributed by atoms with E-state index < -0.39 is 0 Å². The second-order valence-electron chi connectivity index (χ2n) is 5.07. The zero-order chi connectivity index (χ0) is 15.1. The van der Waals surface area contributed by atoms with E-state index in [9.17, 15) is 5.26 Å². The molecule has 0 bridgehead atoms. The second-order valence-corrected chi connectivity index (χ2v) is 5.07. The lowest BCUT2D eigenvalue weighted by molar-refractivity contribution is 0.620. The van der Waals surface area contributed by atoms with Crippen molar-refractivity contribution in [3.63, 3.8) is 0 Å². The van der Waals surface area contributed by atoms with Gasteiger partial charge in [0.05, 0.1) is 11.6 Å². The molecule has 4 heteroatoms. The van der Waals surface area contributed by atoms with E-state index >= 15 is 0 Å². The average Bonchev–Trinajstić information content (AvgIpc) is 2.99. The van der Waals surface area contributed by atoms with E-state index in [1.54, 1.807) is 6.07 Å². The number of nitrogen functional groups attached to an aromatic ring is 1. The number of nitrogens with two attached hydrogens (primary N) is 1. The monoisotopic (exact) mass is 285 g/mol. The minimum atomic E-state index is 0.523. The lowest BCUT2D eigenvalue weighted by atomic mass is 10.0. The molecule has 0 amide bonds. The fourth-order valence-corrected chi connectivity index (χ4v) is 2.60. The van der Waals surface area contributed by atoms with Crippen LogP contribution in [0.1, 0.15) is 5.56 Å². The minimum absolute atomic E-state index is 0.523. The van der Waals surface area contributed by atoms with Crippen molar-refractivity contribution >= 4 is 27.6 Å². The van der Waals surface area contributed by atoms with Crippen LogP contribution in [0.15, 0.2) is 59.0 Å². The first-order chi connectivity index (χ1) is 10.8. The first kappa shape index (κ1) is 12.4. The number of oxazole rings is 1. The summed E-state index contributed by atoms with van der Waals surface area (Å²) in [5, 5.41) is 11.1. The largest absolute Gasteiger partial charge is 0.436 e. The van der Waals surface area contributed by atoms with Crippen molar-refractivity contribution in [1.29, 1.82) is 5.26 Å². The van der Waals surface area contributed by atoms with Gasteiger partial charge in [-0.05, 0) is 24.3 Å². The number of hydrogen-bond acceptors (Lipinski definition) is 4. The molecule has 1 aromatic heterocycles. The summed E-state index contributed by atoms with van der Waals surface area (Å²) in [4.78, 5) is 4.60. The van der Waals surface area contributed by atoms with E-state index in [1.165, 1.54) is 0 Å². The molecule has 22 heavy (non-hydrogen) atoms. The maximum Gasteiger partial charge on any atom is 0.227 e. The smallest absolute Gasteiger partial charge is 0.227 e. The van der Waals surface area contributed by atoms with E-state index in [2.05, 4.69) is 11.1 Å². The average molecular weight is 285 g/mol. The highest BCUT2D eigenvalue weighted by molar-refractivity contribution is 6.06. The molecule has 0 saturated heterocycles. The van der Waals surface area contributed by atoms with Crippen LogP contribution in [-0.2, 0) is 0 Å². The van der Waals surface area contributed by atoms with Gasteiger partial charge < -0.3 is 10.2 Å². The summed E-state index contributed by atoms with van der Waals surface area (Å²) in [6, 6.07) is 19.0. The number of aromatic nitrogens is 1. The normalized spacial score (nSPS) is 10.9. The van der Waals surface area contributed by atoms with Crippen LogP contribution in [0, 0.1) is 11.3 Å². The van der Waals surface area contributed by atoms with Gasteiger partial charge in [-0.15, -0.1) is 0 Å².